The van der Waals surface area contributed by atoms with Gasteiger partial charge in [-0.1, -0.05) is 48.5 Å². The van der Waals surface area contributed by atoms with Crippen molar-refractivity contribution in [3.8, 4) is 0 Å². The van der Waals surface area contributed by atoms with Gasteiger partial charge in [0.25, 0.3) is 0 Å². The summed E-state index contributed by atoms with van der Waals surface area (Å²) < 4.78 is 24.2. The lowest BCUT2D eigenvalue weighted by molar-refractivity contribution is -0.115. The van der Waals surface area contributed by atoms with E-state index in [0.29, 0.717) is 11.3 Å². The Kier molecular flexibility index (Phi) is 4.75. The molecule has 2 aromatic rings. The van der Waals surface area contributed by atoms with Crippen LogP contribution in [0.25, 0.3) is 0 Å². The van der Waals surface area contributed by atoms with Crippen molar-refractivity contribution in [2.45, 2.75) is 5.75 Å². The monoisotopic (exact) mass is 303 g/mol. The van der Waals surface area contributed by atoms with Gasteiger partial charge in [0.1, 0.15) is 5.75 Å². The van der Waals surface area contributed by atoms with Crippen molar-refractivity contribution in [1.29, 1.82) is 0 Å². The molecule has 0 aliphatic heterocycles. The Bertz CT molecular complexity index is 697. The molecule has 0 unspecified atom stereocenters. The van der Waals surface area contributed by atoms with Crippen LogP contribution in [0.2, 0.25) is 0 Å². The van der Waals surface area contributed by atoms with Crippen LogP contribution in [0, 0.1) is 0 Å². The summed E-state index contributed by atoms with van der Waals surface area (Å²) in [6, 6.07) is 17.8. The van der Waals surface area contributed by atoms with E-state index in [0.717, 1.165) is 0 Å². The normalized spacial score (nSPS) is 11.1. The highest BCUT2D eigenvalue weighted by Gasteiger charge is 2.20. The third-order valence-electron chi connectivity index (χ3n) is 3.09. The van der Waals surface area contributed by atoms with E-state index in [2.05, 4.69) is 0 Å². The fourth-order valence-corrected chi connectivity index (χ4v) is 3.33. The number of benzene rings is 2. The van der Waals surface area contributed by atoms with Crippen LogP contribution in [-0.4, -0.2) is 27.1 Å². The zero-order valence-corrected chi connectivity index (χ0v) is 12.6. The molecule has 0 atom stereocenters. The smallest absolute Gasteiger partial charge is 0.241 e. The largest absolute Gasteiger partial charge is 0.315 e. The van der Waals surface area contributed by atoms with Crippen molar-refractivity contribution in [3.63, 3.8) is 0 Å². The van der Waals surface area contributed by atoms with Crippen molar-refractivity contribution in [2.75, 3.05) is 17.7 Å². The van der Waals surface area contributed by atoms with Crippen molar-refractivity contribution < 1.29 is 13.2 Å². The Morgan fingerprint density at radius 3 is 2.05 bits per heavy atom. The van der Waals surface area contributed by atoms with Gasteiger partial charge in [-0.2, -0.15) is 0 Å². The topological polar surface area (TPSA) is 54.5 Å². The van der Waals surface area contributed by atoms with Gasteiger partial charge < -0.3 is 4.90 Å². The number of amides is 1. The zero-order valence-electron chi connectivity index (χ0n) is 11.8. The average molecular weight is 303 g/mol. The molecule has 0 heterocycles. The van der Waals surface area contributed by atoms with E-state index >= 15 is 0 Å². The zero-order chi connectivity index (χ0) is 15.3. The number of sulfone groups is 1. The second-order valence-corrected chi connectivity index (χ2v) is 6.87. The maximum absolute atomic E-state index is 12.1. The van der Waals surface area contributed by atoms with E-state index in [9.17, 15) is 13.2 Å². The highest BCUT2D eigenvalue weighted by atomic mass is 32.2. The maximum atomic E-state index is 12.1. The van der Waals surface area contributed by atoms with Gasteiger partial charge in [-0.05, 0) is 17.7 Å². The number of anilines is 1. The molecule has 0 spiro atoms. The first-order chi connectivity index (χ1) is 9.98. The van der Waals surface area contributed by atoms with Gasteiger partial charge in [-0.3, -0.25) is 4.79 Å². The van der Waals surface area contributed by atoms with Crippen LogP contribution in [0.5, 0.6) is 0 Å². The summed E-state index contributed by atoms with van der Waals surface area (Å²) in [7, 11) is -1.90. The minimum Gasteiger partial charge on any atom is -0.315 e. The molecule has 0 aliphatic rings. The van der Waals surface area contributed by atoms with Crippen molar-refractivity contribution in [2.24, 2.45) is 0 Å². The highest BCUT2D eigenvalue weighted by molar-refractivity contribution is 7.91. The van der Waals surface area contributed by atoms with Gasteiger partial charge in [0, 0.05) is 12.7 Å². The van der Waals surface area contributed by atoms with Crippen LogP contribution >= 0.6 is 0 Å². The molecule has 0 saturated carbocycles. The molecule has 0 bridgehead atoms. The van der Waals surface area contributed by atoms with E-state index in [1.807, 2.05) is 12.1 Å². The summed E-state index contributed by atoms with van der Waals surface area (Å²) in [6.45, 7) is 0. The molecule has 1 amide bonds. The molecule has 21 heavy (non-hydrogen) atoms. The SMILES string of the molecule is CN(C(=O)CS(=O)(=O)Cc1ccccc1)c1ccccc1. The van der Waals surface area contributed by atoms with Gasteiger partial charge in [0.05, 0.1) is 5.75 Å². The average Bonchev–Trinajstić information content (AvgIpc) is 2.47. The Balaban J connectivity index is 2.05. The fourth-order valence-electron chi connectivity index (χ4n) is 1.96. The third-order valence-corrected chi connectivity index (χ3v) is 4.55. The van der Waals surface area contributed by atoms with E-state index in [4.69, 9.17) is 0 Å². The van der Waals surface area contributed by atoms with Crippen LogP contribution in [0.15, 0.2) is 60.7 Å². The lowest BCUT2D eigenvalue weighted by Gasteiger charge is -2.17. The van der Waals surface area contributed by atoms with Gasteiger partial charge in [-0.15, -0.1) is 0 Å². The fraction of sp³-hybridized carbons (Fsp3) is 0.188. The number of carbonyl (C=O) groups excluding carboxylic acids is 1. The summed E-state index contributed by atoms with van der Waals surface area (Å²) in [5, 5.41) is 0. The number of hydrogen-bond donors (Lipinski definition) is 0. The summed E-state index contributed by atoms with van der Waals surface area (Å²) in [4.78, 5) is 13.5. The second kappa shape index (κ2) is 6.54. The lowest BCUT2D eigenvalue weighted by atomic mass is 10.2. The Morgan fingerprint density at radius 1 is 0.952 bits per heavy atom. The van der Waals surface area contributed by atoms with Crippen LogP contribution in [0.3, 0.4) is 0 Å². The lowest BCUT2D eigenvalue weighted by Crippen LogP contribution is -2.32. The quantitative estimate of drug-likeness (QED) is 0.851. The first-order valence-corrected chi connectivity index (χ1v) is 8.36. The number of hydrogen-bond acceptors (Lipinski definition) is 3. The summed E-state index contributed by atoms with van der Waals surface area (Å²) in [5.41, 5.74) is 1.37. The molecule has 0 aromatic heterocycles. The number of rotatable bonds is 5. The summed E-state index contributed by atoms with van der Waals surface area (Å²) >= 11 is 0. The molecular weight excluding hydrogens is 286 g/mol. The molecule has 0 radical (unpaired) electrons. The van der Waals surface area contributed by atoms with Crippen LogP contribution < -0.4 is 4.90 Å². The van der Waals surface area contributed by atoms with E-state index in [-0.39, 0.29) is 5.75 Å². The molecule has 0 N–H and O–H groups in total. The van der Waals surface area contributed by atoms with Crippen LogP contribution in [0.4, 0.5) is 5.69 Å². The number of nitrogens with zero attached hydrogens (tertiary/aromatic N) is 1. The first kappa shape index (κ1) is 15.3. The molecule has 0 aliphatic carbocycles. The molecule has 2 rings (SSSR count). The first-order valence-electron chi connectivity index (χ1n) is 6.54. The minimum absolute atomic E-state index is 0.123. The Hall–Kier alpha value is -2.14. The van der Waals surface area contributed by atoms with Crippen molar-refractivity contribution >= 4 is 21.4 Å². The van der Waals surface area contributed by atoms with Crippen LogP contribution in [0.1, 0.15) is 5.56 Å². The van der Waals surface area contributed by atoms with Crippen molar-refractivity contribution in [3.05, 3.63) is 66.2 Å². The number of carbonyl (C=O) groups is 1. The van der Waals surface area contributed by atoms with Crippen LogP contribution in [-0.2, 0) is 20.4 Å². The van der Waals surface area contributed by atoms with Gasteiger partial charge in [0.15, 0.2) is 9.84 Å². The van der Waals surface area contributed by atoms with E-state index in [1.54, 1.807) is 55.6 Å². The molecule has 0 saturated heterocycles. The summed E-state index contributed by atoms with van der Waals surface area (Å²) in [5.74, 6) is -1.05. The molecular formula is C16H17NO3S. The second-order valence-electron chi connectivity index (χ2n) is 4.81. The predicted molar refractivity (Wildman–Crippen MR) is 83.8 cm³/mol. The number of para-hydroxylation sites is 1. The predicted octanol–water partition coefficient (Wildman–Crippen LogP) is 2.26. The molecule has 4 nitrogen and oxygen atoms in total. The maximum Gasteiger partial charge on any atom is 0.241 e. The molecule has 110 valence electrons. The molecule has 0 fully saturated rings. The Morgan fingerprint density at radius 2 is 1.48 bits per heavy atom. The minimum atomic E-state index is -3.48. The van der Waals surface area contributed by atoms with Crippen molar-refractivity contribution in [1.82, 2.24) is 0 Å². The van der Waals surface area contributed by atoms with E-state index < -0.39 is 21.5 Å². The molecule has 2 aromatic carbocycles. The van der Waals surface area contributed by atoms with Gasteiger partial charge >= 0.3 is 0 Å². The molecule has 5 heteroatoms. The summed E-state index contributed by atoms with van der Waals surface area (Å²) in [6.07, 6.45) is 0. The van der Waals surface area contributed by atoms with Gasteiger partial charge in [0.2, 0.25) is 5.91 Å². The van der Waals surface area contributed by atoms with E-state index in [1.165, 1.54) is 4.90 Å². The standard InChI is InChI=1S/C16H17NO3S/c1-17(15-10-6-3-7-11-15)16(18)13-21(19,20)12-14-8-4-2-5-9-14/h2-11H,12-13H2,1H3. The third kappa shape index (κ3) is 4.43. The highest BCUT2D eigenvalue weighted by Crippen LogP contribution is 2.13. The Labute approximate surface area is 124 Å². The van der Waals surface area contributed by atoms with Gasteiger partial charge in [-0.25, -0.2) is 8.42 Å².